The molecule has 2 saturated heterocycles. The van der Waals surface area contributed by atoms with E-state index in [0.29, 0.717) is 24.9 Å². The van der Waals surface area contributed by atoms with Crippen LogP contribution in [0.5, 0.6) is 0 Å². The van der Waals surface area contributed by atoms with E-state index in [4.69, 9.17) is 9.15 Å². The molecule has 0 aromatic carbocycles. The normalized spacial score (nSPS) is 24.3. The van der Waals surface area contributed by atoms with E-state index in [1.165, 1.54) is 0 Å². The van der Waals surface area contributed by atoms with Crippen LogP contribution in [0, 0.1) is 6.92 Å². The van der Waals surface area contributed by atoms with Crippen LogP contribution in [0.2, 0.25) is 0 Å². The molecule has 4 rings (SSSR count). The molecule has 0 radical (unpaired) electrons. The van der Waals surface area contributed by atoms with Gasteiger partial charge in [0.1, 0.15) is 11.3 Å². The van der Waals surface area contributed by atoms with Gasteiger partial charge in [-0.05, 0) is 38.4 Å². The van der Waals surface area contributed by atoms with E-state index >= 15 is 0 Å². The van der Waals surface area contributed by atoms with Crippen LogP contribution in [0.3, 0.4) is 0 Å². The molecule has 8 heteroatoms. The Hall–Kier alpha value is -2.35. The predicted molar refractivity (Wildman–Crippen MR) is 89.8 cm³/mol. The van der Waals surface area contributed by atoms with Gasteiger partial charge in [-0.1, -0.05) is 0 Å². The van der Waals surface area contributed by atoms with Crippen LogP contribution < -0.4 is 5.32 Å². The average Bonchev–Trinajstić information content (AvgIpc) is 3.23. The molecule has 1 N–H and O–H groups in total. The molecule has 4 heterocycles. The van der Waals surface area contributed by atoms with E-state index in [2.05, 4.69) is 20.4 Å². The van der Waals surface area contributed by atoms with Crippen molar-refractivity contribution in [3.63, 3.8) is 0 Å². The number of rotatable bonds is 3. The summed E-state index contributed by atoms with van der Waals surface area (Å²) in [4.78, 5) is 13.7. The zero-order chi connectivity index (χ0) is 17.4. The van der Waals surface area contributed by atoms with Gasteiger partial charge in [0, 0.05) is 25.7 Å². The van der Waals surface area contributed by atoms with E-state index in [9.17, 15) is 4.79 Å². The third-order valence-electron chi connectivity index (χ3n) is 5.27. The molecule has 2 aliphatic rings. The highest BCUT2D eigenvalue weighted by molar-refractivity contribution is 5.70. The number of likely N-dealkylation sites (tertiary alicyclic amines) is 1. The maximum atomic E-state index is 11.4. The molecule has 0 unspecified atom stereocenters. The number of hydrogen-bond acceptors (Lipinski definition) is 6. The molecule has 2 aromatic heterocycles. The van der Waals surface area contributed by atoms with Gasteiger partial charge in [-0.15, -0.1) is 10.2 Å². The Balaban J connectivity index is 1.41. The van der Waals surface area contributed by atoms with E-state index < -0.39 is 0 Å². The van der Waals surface area contributed by atoms with Gasteiger partial charge in [-0.2, -0.15) is 0 Å². The van der Waals surface area contributed by atoms with E-state index in [1.807, 2.05) is 30.7 Å². The summed E-state index contributed by atoms with van der Waals surface area (Å²) in [5.41, 5.74) is 1.73. The molecule has 2 aliphatic heterocycles. The second-order valence-electron chi connectivity index (χ2n) is 6.98. The highest BCUT2D eigenvalue weighted by Crippen LogP contribution is 2.30. The number of alkyl carbamates (subject to hydrolysis) is 1. The lowest BCUT2D eigenvalue weighted by Gasteiger charge is -2.24. The highest BCUT2D eigenvalue weighted by Gasteiger charge is 2.41. The van der Waals surface area contributed by atoms with Crippen LogP contribution in [0.1, 0.15) is 30.8 Å². The van der Waals surface area contributed by atoms with Gasteiger partial charge in [0.05, 0.1) is 13.1 Å². The Morgan fingerprint density at radius 3 is 2.88 bits per heavy atom. The zero-order valence-corrected chi connectivity index (χ0v) is 14.6. The number of carbonyl (C=O) groups excluding carboxylic acids is 1. The van der Waals surface area contributed by atoms with E-state index in [1.54, 1.807) is 0 Å². The largest absolute Gasteiger partial charge is 0.441 e. The summed E-state index contributed by atoms with van der Waals surface area (Å²) < 4.78 is 13.4. The minimum Gasteiger partial charge on any atom is -0.441 e. The van der Waals surface area contributed by atoms with Crippen molar-refractivity contribution in [2.45, 2.75) is 38.3 Å². The lowest BCUT2D eigenvalue weighted by molar-refractivity contribution is 0.0440. The quantitative estimate of drug-likeness (QED) is 0.914. The van der Waals surface area contributed by atoms with Crippen molar-refractivity contribution in [3.05, 3.63) is 23.7 Å². The van der Waals surface area contributed by atoms with Gasteiger partial charge in [0.25, 0.3) is 5.89 Å². The first-order valence-corrected chi connectivity index (χ1v) is 8.69. The minimum absolute atomic E-state index is 0.298. The number of hydrogen-bond donors (Lipinski definition) is 1. The molecule has 0 saturated carbocycles. The summed E-state index contributed by atoms with van der Waals surface area (Å²) in [6.07, 6.45) is 2.39. The Morgan fingerprint density at radius 1 is 1.28 bits per heavy atom. The summed E-state index contributed by atoms with van der Waals surface area (Å²) in [7, 11) is 1.99. The Labute approximate surface area is 146 Å². The zero-order valence-electron chi connectivity index (χ0n) is 14.6. The SMILES string of the molecule is Cc1ccc(-c2nnc(CN3CCC[C@@]4(CC3)CNC(=O)O4)o2)n1C. The molecule has 2 fully saturated rings. The van der Waals surface area contributed by atoms with Crippen molar-refractivity contribution in [2.75, 3.05) is 19.6 Å². The molecule has 134 valence electrons. The minimum atomic E-state index is -0.341. The average molecular weight is 345 g/mol. The highest BCUT2D eigenvalue weighted by atomic mass is 16.6. The van der Waals surface area contributed by atoms with Gasteiger partial charge in [0.15, 0.2) is 0 Å². The predicted octanol–water partition coefficient (Wildman–Crippen LogP) is 1.85. The van der Waals surface area contributed by atoms with Gasteiger partial charge < -0.3 is 19.0 Å². The van der Waals surface area contributed by atoms with E-state index in [-0.39, 0.29) is 11.7 Å². The fourth-order valence-electron chi connectivity index (χ4n) is 3.60. The monoisotopic (exact) mass is 345 g/mol. The second kappa shape index (κ2) is 6.18. The number of ether oxygens (including phenoxy) is 1. The third-order valence-corrected chi connectivity index (χ3v) is 5.27. The number of carbonyl (C=O) groups is 1. The molecule has 1 atom stereocenters. The first kappa shape index (κ1) is 16.1. The number of aromatic nitrogens is 3. The Kier molecular flexibility index (Phi) is 3.99. The van der Waals surface area contributed by atoms with Crippen LogP contribution in [0.15, 0.2) is 16.5 Å². The summed E-state index contributed by atoms with van der Waals surface area (Å²) >= 11 is 0. The molecule has 1 amide bonds. The van der Waals surface area contributed by atoms with Crippen LogP contribution in [0.25, 0.3) is 11.6 Å². The van der Waals surface area contributed by atoms with Gasteiger partial charge in [0.2, 0.25) is 5.89 Å². The van der Waals surface area contributed by atoms with Crippen molar-refractivity contribution in [1.29, 1.82) is 0 Å². The molecule has 8 nitrogen and oxygen atoms in total. The first-order chi connectivity index (χ1) is 12.0. The summed E-state index contributed by atoms with van der Waals surface area (Å²) in [5, 5.41) is 11.2. The third kappa shape index (κ3) is 3.13. The maximum absolute atomic E-state index is 11.4. The fraction of sp³-hybridized carbons (Fsp3) is 0.588. The van der Waals surface area contributed by atoms with Crippen molar-refractivity contribution in [3.8, 4) is 11.6 Å². The van der Waals surface area contributed by atoms with Crippen LogP contribution >= 0.6 is 0 Å². The van der Waals surface area contributed by atoms with Crippen LogP contribution in [-0.4, -0.2) is 51.0 Å². The molecule has 1 spiro atoms. The fourth-order valence-corrected chi connectivity index (χ4v) is 3.60. The second-order valence-corrected chi connectivity index (χ2v) is 6.98. The van der Waals surface area contributed by atoms with Crippen molar-refractivity contribution in [2.24, 2.45) is 7.05 Å². The van der Waals surface area contributed by atoms with Gasteiger partial charge >= 0.3 is 6.09 Å². The molecule has 0 aliphatic carbocycles. The molecule has 0 bridgehead atoms. The van der Waals surface area contributed by atoms with Crippen molar-refractivity contribution >= 4 is 6.09 Å². The number of aryl methyl sites for hydroxylation is 1. The van der Waals surface area contributed by atoms with Gasteiger partial charge in [-0.25, -0.2) is 4.79 Å². The van der Waals surface area contributed by atoms with Crippen LogP contribution in [-0.2, 0) is 18.3 Å². The summed E-state index contributed by atoms with van der Waals surface area (Å²) in [6, 6.07) is 4.02. The van der Waals surface area contributed by atoms with E-state index in [0.717, 1.165) is 43.7 Å². The number of nitrogens with one attached hydrogen (secondary N) is 1. The summed E-state index contributed by atoms with van der Waals surface area (Å²) in [5.74, 6) is 1.16. The first-order valence-electron chi connectivity index (χ1n) is 8.69. The molecular formula is C17H23N5O3. The van der Waals surface area contributed by atoms with Gasteiger partial charge in [-0.3, -0.25) is 4.90 Å². The molecular weight excluding hydrogens is 322 g/mol. The topological polar surface area (TPSA) is 85.4 Å². The standard InChI is InChI=1S/C17H23N5O3/c1-12-4-5-13(21(12)2)15-20-19-14(24-15)10-22-8-3-6-17(7-9-22)11-18-16(23)25-17/h4-5H,3,6-11H2,1-2H3,(H,18,23)/t17-/m1/s1. The van der Waals surface area contributed by atoms with Crippen LogP contribution in [0.4, 0.5) is 4.79 Å². The van der Waals surface area contributed by atoms with Crippen molar-refractivity contribution < 1.29 is 13.9 Å². The Morgan fingerprint density at radius 2 is 2.16 bits per heavy atom. The lowest BCUT2D eigenvalue weighted by Crippen LogP contribution is -2.34. The number of amides is 1. The molecule has 25 heavy (non-hydrogen) atoms. The Bertz CT molecular complexity index is 783. The molecule has 2 aromatic rings. The number of nitrogens with zero attached hydrogens (tertiary/aromatic N) is 4. The smallest absolute Gasteiger partial charge is 0.407 e. The maximum Gasteiger partial charge on any atom is 0.407 e. The van der Waals surface area contributed by atoms with Crippen molar-refractivity contribution in [1.82, 2.24) is 25.0 Å². The lowest BCUT2D eigenvalue weighted by atomic mass is 9.95. The summed E-state index contributed by atoms with van der Waals surface area (Å²) in [6.45, 7) is 5.04.